The van der Waals surface area contributed by atoms with E-state index in [0.29, 0.717) is 12.1 Å². The average molecular weight is 280 g/mol. The molecule has 1 aliphatic rings. The third kappa shape index (κ3) is 3.87. The summed E-state index contributed by atoms with van der Waals surface area (Å²) >= 11 is 0. The van der Waals surface area contributed by atoms with Crippen LogP contribution in [-0.2, 0) is 11.3 Å². The van der Waals surface area contributed by atoms with E-state index in [0.717, 1.165) is 18.0 Å². The van der Waals surface area contributed by atoms with Gasteiger partial charge in [-0.2, -0.15) is 0 Å². The van der Waals surface area contributed by atoms with Crippen LogP contribution >= 0.6 is 0 Å². The van der Waals surface area contributed by atoms with Crippen molar-refractivity contribution in [3.05, 3.63) is 23.8 Å². The SMILES string of the molecule is COc1cc(C[NH2+]C2CCCCC2OC)cc(OC)c1. The number of benzene rings is 1. The molecular formula is C16H26NO3+. The average Bonchev–Trinajstić information content (AvgIpc) is 2.52. The minimum absolute atomic E-state index is 0.385. The van der Waals surface area contributed by atoms with E-state index in [-0.39, 0.29) is 0 Å². The van der Waals surface area contributed by atoms with Gasteiger partial charge in [0, 0.05) is 25.2 Å². The van der Waals surface area contributed by atoms with Crippen LogP contribution in [0.1, 0.15) is 31.2 Å². The molecule has 0 saturated heterocycles. The van der Waals surface area contributed by atoms with Gasteiger partial charge in [0.2, 0.25) is 0 Å². The molecule has 0 spiro atoms. The van der Waals surface area contributed by atoms with Crippen LogP contribution in [0.4, 0.5) is 0 Å². The van der Waals surface area contributed by atoms with Crippen molar-refractivity contribution in [2.45, 2.75) is 44.4 Å². The first-order valence-corrected chi connectivity index (χ1v) is 7.35. The molecule has 2 N–H and O–H groups in total. The Bertz CT molecular complexity index is 400. The second kappa shape index (κ2) is 7.50. The van der Waals surface area contributed by atoms with E-state index in [9.17, 15) is 0 Å². The van der Waals surface area contributed by atoms with E-state index in [1.54, 1.807) is 14.2 Å². The molecule has 0 bridgehead atoms. The Morgan fingerprint density at radius 1 is 1.00 bits per heavy atom. The maximum Gasteiger partial charge on any atom is 0.123 e. The Hall–Kier alpha value is -1.26. The first-order chi connectivity index (χ1) is 9.76. The molecule has 2 unspecified atom stereocenters. The summed E-state index contributed by atoms with van der Waals surface area (Å²) in [6, 6.07) is 6.61. The van der Waals surface area contributed by atoms with Crippen molar-refractivity contribution in [3.8, 4) is 11.5 Å². The second-order valence-corrected chi connectivity index (χ2v) is 5.38. The van der Waals surface area contributed by atoms with E-state index >= 15 is 0 Å². The Balaban J connectivity index is 1.98. The van der Waals surface area contributed by atoms with Crippen molar-refractivity contribution in [3.63, 3.8) is 0 Å². The Labute approximate surface area is 121 Å². The summed E-state index contributed by atoms with van der Waals surface area (Å²) < 4.78 is 16.2. The van der Waals surface area contributed by atoms with Gasteiger partial charge in [-0.1, -0.05) is 6.42 Å². The quantitative estimate of drug-likeness (QED) is 0.863. The van der Waals surface area contributed by atoms with Gasteiger partial charge in [0.05, 0.1) is 14.2 Å². The topological polar surface area (TPSA) is 44.3 Å². The fourth-order valence-corrected chi connectivity index (χ4v) is 2.96. The molecule has 2 rings (SSSR count). The zero-order chi connectivity index (χ0) is 14.4. The lowest BCUT2D eigenvalue weighted by Gasteiger charge is -2.28. The minimum Gasteiger partial charge on any atom is -0.497 e. The highest BCUT2D eigenvalue weighted by Crippen LogP contribution is 2.22. The first-order valence-electron chi connectivity index (χ1n) is 7.35. The van der Waals surface area contributed by atoms with Crippen molar-refractivity contribution < 1.29 is 19.5 Å². The zero-order valence-corrected chi connectivity index (χ0v) is 12.7. The molecule has 1 aliphatic carbocycles. The smallest absolute Gasteiger partial charge is 0.123 e. The van der Waals surface area contributed by atoms with Crippen LogP contribution < -0.4 is 14.8 Å². The van der Waals surface area contributed by atoms with Gasteiger partial charge in [0.1, 0.15) is 30.2 Å². The van der Waals surface area contributed by atoms with Gasteiger partial charge in [0.15, 0.2) is 0 Å². The lowest BCUT2D eigenvalue weighted by atomic mass is 9.92. The molecular weight excluding hydrogens is 254 g/mol. The van der Waals surface area contributed by atoms with Crippen molar-refractivity contribution >= 4 is 0 Å². The molecule has 112 valence electrons. The standard InChI is InChI=1S/C16H25NO3/c1-18-13-8-12(9-14(10-13)19-2)11-17-15-6-4-5-7-16(15)20-3/h8-10,15-17H,4-7,11H2,1-3H3/p+1. The van der Waals surface area contributed by atoms with E-state index in [2.05, 4.69) is 17.4 Å². The molecule has 1 aromatic rings. The summed E-state index contributed by atoms with van der Waals surface area (Å²) in [5, 5.41) is 2.39. The molecule has 1 fully saturated rings. The van der Waals surface area contributed by atoms with E-state index in [1.807, 2.05) is 13.2 Å². The van der Waals surface area contributed by atoms with Gasteiger partial charge < -0.3 is 19.5 Å². The molecule has 0 aromatic heterocycles. The van der Waals surface area contributed by atoms with Crippen LogP contribution in [0.3, 0.4) is 0 Å². The number of rotatable bonds is 6. The first kappa shape index (κ1) is 15.1. The van der Waals surface area contributed by atoms with Crippen molar-refractivity contribution in [2.75, 3.05) is 21.3 Å². The van der Waals surface area contributed by atoms with Gasteiger partial charge in [-0.05, 0) is 25.0 Å². The lowest BCUT2D eigenvalue weighted by molar-refractivity contribution is -0.713. The minimum atomic E-state index is 0.385. The fourth-order valence-electron chi connectivity index (χ4n) is 2.96. The third-order valence-electron chi connectivity index (χ3n) is 4.12. The zero-order valence-electron chi connectivity index (χ0n) is 12.7. The third-order valence-corrected chi connectivity index (χ3v) is 4.12. The van der Waals surface area contributed by atoms with Gasteiger partial charge in [-0.25, -0.2) is 0 Å². The largest absolute Gasteiger partial charge is 0.497 e. The number of ether oxygens (including phenoxy) is 3. The fraction of sp³-hybridized carbons (Fsp3) is 0.625. The Morgan fingerprint density at radius 2 is 1.65 bits per heavy atom. The van der Waals surface area contributed by atoms with Crippen LogP contribution in [0.5, 0.6) is 11.5 Å². The molecule has 0 radical (unpaired) electrons. The Morgan fingerprint density at radius 3 is 2.25 bits per heavy atom. The summed E-state index contributed by atoms with van der Waals surface area (Å²) in [6.45, 7) is 0.929. The van der Waals surface area contributed by atoms with Crippen molar-refractivity contribution in [1.82, 2.24) is 0 Å². The van der Waals surface area contributed by atoms with Crippen LogP contribution in [0.2, 0.25) is 0 Å². The summed E-state index contributed by atoms with van der Waals surface area (Å²) in [6.07, 6.45) is 5.40. The predicted octanol–water partition coefficient (Wildman–Crippen LogP) is 1.72. The summed E-state index contributed by atoms with van der Waals surface area (Å²) in [7, 11) is 5.19. The normalized spacial score (nSPS) is 22.6. The van der Waals surface area contributed by atoms with Crippen LogP contribution in [0, 0.1) is 0 Å². The van der Waals surface area contributed by atoms with Crippen LogP contribution in [0.25, 0.3) is 0 Å². The highest BCUT2D eigenvalue weighted by atomic mass is 16.5. The molecule has 0 amide bonds. The molecule has 4 nitrogen and oxygen atoms in total. The molecule has 1 saturated carbocycles. The number of hydrogen-bond acceptors (Lipinski definition) is 3. The molecule has 4 heteroatoms. The van der Waals surface area contributed by atoms with Gasteiger partial charge >= 0.3 is 0 Å². The molecule has 2 atom stereocenters. The molecule has 1 aromatic carbocycles. The highest BCUT2D eigenvalue weighted by Gasteiger charge is 2.27. The number of quaternary nitrogens is 1. The van der Waals surface area contributed by atoms with Gasteiger partial charge in [0.25, 0.3) is 0 Å². The number of hydrogen-bond donors (Lipinski definition) is 1. The maximum atomic E-state index is 5.60. The van der Waals surface area contributed by atoms with E-state index in [1.165, 1.54) is 31.2 Å². The Kier molecular flexibility index (Phi) is 5.68. The van der Waals surface area contributed by atoms with E-state index < -0.39 is 0 Å². The molecule has 0 heterocycles. The summed E-state index contributed by atoms with van der Waals surface area (Å²) in [5.74, 6) is 1.69. The predicted molar refractivity (Wildman–Crippen MR) is 78.2 cm³/mol. The summed E-state index contributed by atoms with van der Waals surface area (Å²) in [4.78, 5) is 0. The van der Waals surface area contributed by atoms with E-state index in [4.69, 9.17) is 14.2 Å². The lowest BCUT2D eigenvalue weighted by Crippen LogP contribution is -2.91. The van der Waals surface area contributed by atoms with Crippen LogP contribution in [-0.4, -0.2) is 33.5 Å². The number of methoxy groups -OCH3 is 3. The molecule has 20 heavy (non-hydrogen) atoms. The van der Waals surface area contributed by atoms with Gasteiger partial charge in [-0.3, -0.25) is 0 Å². The van der Waals surface area contributed by atoms with Crippen molar-refractivity contribution in [1.29, 1.82) is 0 Å². The highest BCUT2D eigenvalue weighted by molar-refractivity contribution is 5.38. The number of nitrogens with two attached hydrogens (primary N) is 1. The second-order valence-electron chi connectivity index (χ2n) is 5.38. The monoisotopic (exact) mass is 280 g/mol. The molecule has 0 aliphatic heterocycles. The summed E-state index contributed by atoms with van der Waals surface area (Å²) in [5.41, 5.74) is 1.22. The van der Waals surface area contributed by atoms with Gasteiger partial charge in [-0.15, -0.1) is 0 Å². The maximum absolute atomic E-state index is 5.60. The van der Waals surface area contributed by atoms with Crippen molar-refractivity contribution in [2.24, 2.45) is 0 Å². The van der Waals surface area contributed by atoms with Crippen LogP contribution in [0.15, 0.2) is 18.2 Å².